The van der Waals surface area contributed by atoms with Crippen LogP contribution < -0.4 is 15.4 Å². The van der Waals surface area contributed by atoms with Gasteiger partial charge in [-0.15, -0.1) is 0 Å². The van der Waals surface area contributed by atoms with Crippen LogP contribution in [0.2, 0.25) is 0 Å². The van der Waals surface area contributed by atoms with Crippen LogP contribution in [0.15, 0.2) is 42.5 Å². The van der Waals surface area contributed by atoms with Crippen molar-refractivity contribution in [1.29, 1.82) is 0 Å². The fourth-order valence-electron chi connectivity index (χ4n) is 4.82. The van der Waals surface area contributed by atoms with Crippen molar-refractivity contribution in [2.24, 2.45) is 0 Å². The Morgan fingerprint density at radius 3 is 2.74 bits per heavy atom. The van der Waals surface area contributed by atoms with Crippen LogP contribution in [0.5, 0.6) is 5.75 Å². The maximum Gasteiger partial charge on any atom is 0.246 e. The molecule has 0 bridgehead atoms. The van der Waals surface area contributed by atoms with Crippen LogP contribution in [0.25, 0.3) is 10.9 Å². The fourth-order valence-corrected chi connectivity index (χ4v) is 4.82. The van der Waals surface area contributed by atoms with E-state index < -0.39 is 6.04 Å². The summed E-state index contributed by atoms with van der Waals surface area (Å²) < 4.78 is 5.34. The van der Waals surface area contributed by atoms with E-state index in [-0.39, 0.29) is 29.9 Å². The van der Waals surface area contributed by atoms with Gasteiger partial charge in [-0.25, -0.2) is 0 Å². The van der Waals surface area contributed by atoms with Crippen molar-refractivity contribution >= 4 is 34.2 Å². The van der Waals surface area contributed by atoms with Crippen molar-refractivity contribution in [3.05, 3.63) is 59.3 Å². The molecule has 0 radical (unpaired) electrons. The summed E-state index contributed by atoms with van der Waals surface area (Å²) in [4.78, 5) is 40.8. The average molecular weight is 462 g/mol. The molecule has 0 aliphatic carbocycles. The van der Waals surface area contributed by atoms with Crippen molar-refractivity contribution in [2.75, 3.05) is 12.4 Å². The maximum atomic E-state index is 13.1. The predicted octanol–water partition coefficient (Wildman–Crippen LogP) is 4.40. The number of ketones is 1. The first-order valence-corrected chi connectivity index (χ1v) is 11.7. The Balaban J connectivity index is 1.52. The predicted molar refractivity (Wildman–Crippen MR) is 132 cm³/mol. The number of H-pyrrole nitrogens is 1. The number of rotatable bonds is 8. The topological polar surface area (TPSA) is 100 Å². The van der Waals surface area contributed by atoms with E-state index in [1.807, 2.05) is 49.4 Å². The van der Waals surface area contributed by atoms with Gasteiger partial charge in [-0.3, -0.25) is 9.59 Å². The number of carbonyl (C=O) groups is 3. The molecular weight excluding hydrogens is 430 g/mol. The summed E-state index contributed by atoms with van der Waals surface area (Å²) in [5.41, 5.74) is 4.57. The summed E-state index contributed by atoms with van der Waals surface area (Å²) in [6.07, 6.45) is 2.69. The number of aromatic amines is 1. The minimum atomic E-state index is -0.651. The van der Waals surface area contributed by atoms with Gasteiger partial charge in [-0.05, 0) is 74.4 Å². The molecule has 1 unspecified atom stereocenters. The number of amides is 2. The molecule has 0 spiro atoms. The molecule has 34 heavy (non-hydrogen) atoms. The lowest BCUT2D eigenvalue weighted by molar-refractivity contribution is -0.126. The lowest BCUT2D eigenvalue weighted by Crippen LogP contribution is -2.44. The number of hydrogen-bond donors (Lipinski definition) is 3. The number of Topliss-reactive ketones (excluding diaryl/α,β-unsaturated/α-hetero) is 1. The molecule has 2 aromatic carbocycles. The number of aryl methyl sites for hydroxylation is 1. The van der Waals surface area contributed by atoms with Crippen LogP contribution >= 0.6 is 0 Å². The first-order valence-electron chi connectivity index (χ1n) is 11.7. The third kappa shape index (κ3) is 5.14. The van der Waals surface area contributed by atoms with Crippen LogP contribution in [0.1, 0.15) is 55.3 Å². The number of ether oxygens (including phenoxy) is 1. The van der Waals surface area contributed by atoms with Crippen LogP contribution in [0, 0.1) is 6.92 Å². The maximum absolute atomic E-state index is 13.1. The summed E-state index contributed by atoms with van der Waals surface area (Å²) >= 11 is 0. The number of benzene rings is 2. The zero-order valence-electron chi connectivity index (χ0n) is 19.9. The van der Waals surface area contributed by atoms with Crippen LogP contribution in [0.3, 0.4) is 0 Å². The number of anilines is 1. The van der Waals surface area contributed by atoms with Crippen LogP contribution in [0.4, 0.5) is 5.69 Å². The standard InChI is InChI=1S/C27H31N3O4/c1-16(31)7-6-8-18-13-25(27(33)30-23-10-5-4-9-20(18)23)29-26(32)15-21-17(2)28-24-12-11-19(34-3)14-22(21)24/h4-5,9-12,14,18,25,28H,6-8,13,15H2,1-3H3,(H,29,32)(H,30,33)/t18?,25-/m0/s1. The third-order valence-corrected chi connectivity index (χ3v) is 6.58. The van der Waals surface area contributed by atoms with E-state index in [9.17, 15) is 14.4 Å². The van der Waals surface area contributed by atoms with Crippen molar-refractivity contribution in [1.82, 2.24) is 10.3 Å². The fraction of sp³-hybridized carbons (Fsp3) is 0.370. The van der Waals surface area contributed by atoms with Crippen molar-refractivity contribution in [3.63, 3.8) is 0 Å². The highest BCUT2D eigenvalue weighted by atomic mass is 16.5. The minimum Gasteiger partial charge on any atom is -0.497 e. The Morgan fingerprint density at radius 2 is 1.97 bits per heavy atom. The van der Waals surface area contributed by atoms with Gasteiger partial charge in [0.05, 0.1) is 13.5 Å². The summed E-state index contributed by atoms with van der Waals surface area (Å²) in [6.45, 7) is 3.53. The van der Waals surface area contributed by atoms with E-state index in [1.165, 1.54) is 0 Å². The summed E-state index contributed by atoms with van der Waals surface area (Å²) in [5.74, 6) is 0.528. The van der Waals surface area contributed by atoms with Crippen LogP contribution in [-0.4, -0.2) is 35.7 Å². The molecule has 1 aliphatic rings. The first kappa shape index (κ1) is 23.5. The molecule has 1 aromatic heterocycles. The second-order valence-corrected chi connectivity index (χ2v) is 9.04. The molecule has 1 aliphatic heterocycles. The van der Waals surface area contributed by atoms with Crippen LogP contribution in [-0.2, 0) is 20.8 Å². The molecule has 7 heteroatoms. The normalized spacial score (nSPS) is 17.6. The number of aromatic nitrogens is 1. The molecule has 4 rings (SSSR count). The lowest BCUT2D eigenvalue weighted by Gasteiger charge is -2.20. The number of methoxy groups -OCH3 is 1. The minimum absolute atomic E-state index is 0.0684. The Kier molecular flexibility index (Phi) is 7.01. The molecule has 0 saturated heterocycles. The van der Waals surface area contributed by atoms with Gasteiger partial charge in [0.25, 0.3) is 0 Å². The largest absolute Gasteiger partial charge is 0.497 e. The van der Waals surface area contributed by atoms with Crippen molar-refractivity contribution in [2.45, 2.75) is 57.9 Å². The highest BCUT2D eigenvalue weighted by Crippen LogP contribution is 2.35. The van der Waals surface area contributed by atoms with Crippen molar-refractivity contribution in [3.8, 4) is 5.75 Å². The second kappa shape index (κ2) is 10.1. The SMILES string of the molecule is COc1ccc2[nH]c(C)c(CC(=O)N[C@H]3CC(CCCC(C)=O)c4ccccc4NC3=O)c2c1. The Morgan fingerprint density at radius 1 is 1.18 bits per heavy atom. The van der Waals surface area contributed by atoms with E-state index in [0.29, 0.717) is 12.8 Å². The molecular formula is C27H31N3O4. The molecule has 2 atom stereocenters. The second-order valence-electron chi connectivity index (χ2n) is 9.04. The zero-order chi connectivity index (χ0) is 24.2. The highest BCUT2D eigenvalue weighted by Gasteiger charge is 2.31. The van der Waals surface area contributed by atoms with Gasteiger partial charge in [-0.2, -0.15) is 0 Å². The molecule has 0 saturated carbocycles. The summed E-state index contributed by atoms with van der Waals surface area (Å²) in [5, 5.41) is 6.88. The van der Waals surface area contributed by atoms with Gasteiger partial charge in [0, 0.05) is 28.7 Å². The lowest BCUT2D eigenvalue weighted by atomic mass is 9.87. The summed E-state index contributed by atoms with van der Waals surface area (Å²) in [6, 6.07) is 12.8. The number of carbonyl (C=O) groups excluding carboxylic acids is 3. The number of fused-ring (bicyclic) bond motifs is 2. The van der Waals surface area contributed by atoms with Gasteiger partial charge in [0.1, 0.15) is 17.6 Å². The summed E-state index contributed by atoms with van der Waals surface area (Å²) in [7, 11) is 1.61. The van der Waals surface area contributed by atoms with Gasteiger partial charge in [0.15, 0.2) is 0 Å². The number of nitrogens with one attached hydrogen (secondary N) is 3. The van der Waals surface area contributed by atoms with Gasteiger partial charge in [-0.1, -0.05) is 18.2 Å². The van der Waals surface area contributed by atoms with E-state index in [4.69, 9.17) is 4.74 Å². The molecule has 3 aromatic rings. The van der Waals surface area contributed by atoms with E-state index >= 15 is 0 Å². The molecule has 2 heterocycles. The zero-order valence-corrected chi connectivity index (χ0v) is 19.9. The van der Waals surface area contributed by atoms with Gasteiger partial charge in [0.2, 0.25) is 11.8 Å². The Hall–Kier alpha value is -3.61. The van der Waals surface area contributed by atoms with E-state index in [0.717, 1.165) is 52.0 Å². The average Bonchev–Trinajstić information content (AvgIpc) is 3.04. The Labute approximate surface area is 199 Å². The molecule has 178 valence electrons. The molecule has 0 fully saturated rings. The van der Waals surface area contributed by atoms with Gasteiger partial charge < -0.3 is 25.1 Å². The molecule has 2 amide bonds. The quantitative estimate of drug-likeness (QED) is 0.463. The number of para-hydroxylation sites is 1. The first-order chi connectivity index (χ1) is 16.4. The number of hydrogen-bond acceptors (Lipinski definition) is 4. The van der Waals surface area contributed by atoms with E-state index in [2.05, 4.69) is 15.6 Å². The van der Waals surface area contributed by atoms with E-state index in [1.54, 1.807) is 14.0 Å². The van der Waals surface area contributed by atoms with Gasteiger partial charge >= 0.3 is 0 Å². The van der Waals surface area contributed by atoms with Crippen molar-refractivity contribution < 1.29 is 19.1 Å². The highest BCUT2D eigenvalue weighted by molar-refractivity contribution is 5.99. The molecule has 3 N–H and O–H groups in total. The monoisotopic (exact) mass is 461 g/mol. The smallest absolute Gasteiger partial charge is 0.246 e. The molecule has 7 nitrogen and oxygen atoms in total. The third-order valence-electron chi connectivity index (χ3n) is 6.58. The Bertz CT molecular complexity index is 1230.